The summed E-state index contributed by atoms with van der Waals surface area (Å²) in [5.41, 5.74) is 3.51. The molecular weight excluding hydrogens is 678 g/mol. The molecule has 2 heterocycles. The van der Waals surface area contributed by atoms with Gasteiger partial charge in [0.1, 0.15) is 17.7 Å². The molecule has 14 nitrogen and oxygen atoms in total. The van der Waals surface area contributed by atoms with E-state index in [0.717, 1.165) is 21.7 Å². The van der Waals surface area contributed by atoms with E-state index in [2.05, 4.69) is 20.9 Å². The first-order valence-electron chi connectivity index (χ1n) is 17.3. The number of likely N-dealkylation sites (tertiary alicyclic amines) is 1. The van der Waals surface area contributed by atoms with Gasteiger partial charge in [-0.2, -0.15) is 0 Å². The molecule has 1 aromatic heterocycles. The molecule has 3 rings (SSSR count). The lowest BCUT2D eigenvalue weighted by atomic mass is 9.85. The van der Waals surface area contributed by atoms with Crippen molar-refractivity contribution in [2.45, 2.75) is 91.6 Å². The van der Waals surface area contributed by atoms with Crippen molar-refractivity contribution in [3.05, 3.63) is 41.0 Å². The standard InChI is InChI=1S/C36H55N5O9S/c1-24-30(51-23-39-24)26-10-8-25(9-11-26)21-38-32(44)28-20-27(42)22-41(28)33(45)31(35(2,3)4)40-29(43)12-14-47-16-18-49-19-17-48-15-13-37-34(46)50-36(5,6)7/h8-11,23,27-28,31,42H,12-22H2,1-7H3,(H,37,46)(H,38,44)(H,40,43). The van der Waals surface area contributed by atoms with Crippen LogP contribution in [-0.2, 0) is 39.9 Å². The van der Waals surface area contributed by atoms with Gasteiger partial charge in [0.15, 0.2) is 0 Å². The highest BCUT2D eigenvalue weighted by Gasteiger charge is 2.44. The SMILES string of the molecule is Cc1ncsc1-c1ccc(CNC(=O)C2CC(O)CN2C(=O)C(NC(=O)CCOCCOCCOCCNC(=O)OC(C)(C)C)C(C)(C)C)cc1. The van der Waals surface area contributed by atoms with Gasteiger partial charge in [-0.1, -0.05) is 45.0 Å². The Morgan fingerprint density at radius 3 is 2.16 bits per heavy atom. The van der Waals surface area contributed by atoms with Gasteiger partial charge in [-0.25, -0.2) is 9.78 Å². The number of thiazole rings is 1. The Labute approximate surface area is 305 Å². The first-order chi connectivity index (χ1) is 24.0. The number of aromatic nitrogens is 1. The maximum absolute atomic E-state index is 13.8. The Hall–Kier alpha value is -3.63. The molecule has 15 heteroatoms. The number of aliphatic hydroxyl groups excluding tert-OH is 1. The molecule has 0 aliphatic carbocycles. The van der Waals surface area contributed by atoms with Gasteiger partial charge in [0.25, 0.3) is 0 Å². The van der Waals surface area contributed by atoms with E-state index in [4.69, 9.17) is 18.9 Å². The lowest BCUT2D eigenvalue weighted by molar-refractivity contribution is -0.144. The van der Waals surface area contributed by atoms with Gasteiger partial charge < -0.3 is 44.9 Å². The molecule has 0 bridgehead atoms. The lowest BCUT2D eigenvalue weighted by Gasteiger charge is -2.35. The van der Waals surface area contributed by atoms with E-state index in [9.17, 15) is 24.3 Å². The molecule has 3 atom stereocenters. The van der Waals surface area contributed by atoms with E-state index in [-0.39, 0.29) is 51.0 Å². The third-order valence-electron chi connectivity index (χ3n) is 7.84. The third kappa shape index (κ3) is 14.5. The molecule has 1 aliphatic heterocycles. The normalized spacial score (nSPS) is 16.8. The molecule has 0 spiro atoms. The first kappa shape index (κ1) is 41.8. The molecule has 51 heavy (non-hydrogen) atoms. The number of amides is 4. The summed E-state index contributed by atoms with van der Waals surface area (Å²) in [6.07, 6.45) is -1.21. The Morgan fingerprint density at radius 1 is 0.941 bits per heavy atom. The molecule has 1 fully saturated rings. The van der Waals surface area contributed by atoms with Crippen LogP contribution in [0.3, 0.4) is 0 Å². The quantitative estimate of drug-likeness (QED) is 0.167. The fourth-order valence-electron chi connectivity index (χ4n) is 5.26. The van der Waals surface area contributed by atoms with Crippen molar-refractivity contribution in [3.8, 4) is 10.4 Å². The Bertz CT molecular complexity index is 1420. The number of aliphatic hydroxyl groups is 1. The van der Waals surface area contributed by atoms with E-state index in [1.807, 2.05) is 57.5 Å². The van der Waals surface area contributed by atoms with Gasteiger partial charge >= 0.3 is 6.09 Å². The van der Waals surface area contributed by atoms with Crippen LogP contribution in [0, 0.1) is 12.3 Å². The number of alkyl carbamates (subject to hydrolysis) is 1. The molecule has 4 amide bonds. The summed E-state index contributed by atoms with van der Waals surface area (Å²) in [5, 5.41) is 18.8. The van der Waals surface area contributed by atoms with E-state index < -0.39 is 41.2 Å². The molecule has 1 aliphatic rings. The van der Waals surface area contributed by atoms with Crippen LogP contribution in [0.25, 0.3) is 10.4 Å². The number of hydrogen-bond donors (Lipinski definition) is 4. The molecule has 284 valence electrons. The topological polar surface area (TPSA) is 178 Å². The van der Waals surface area contributed by atoms with Crippen LogP contribution in [0.1, 0.15) is 65.6 Å². The highest BCUT2D eigenvalue weighted by Crippen LogP contribution is 2.28. The fourth-order valence-corrected chi connectivity index (χ4v) is 6.07. The number of aryl methyl sites for hydroxylation is 1. The first-order valence-corrected chi connectivity index (χ1v) is 18.2. The van der Waals surface area contributed by atoms with E-state index in [1.54, 1.807) is 32.1 Å². The predicted molar refractivity (Wildman–Crippen MR) is 193 cm³/mol. The van der Waals surface area contributed by atoms with Crippen LogP contribution < -0.4 is 16.0 Å². The number of nitrogens with zero attached hydrogens (tertiary/aromatic N) is 2. The summed E-state index contributed by atoms with van der Waals surface area (Å²) >= 11 is 1.57. The monoisotopic (exact) mass is 733 g/mol. The fraction of sp³-hybridized carbons (Fsp3) is 0.639. The predicted octanol–water partition coefficient (Wildman–Crippen LogP) is 3.19. The van der Waals surface area contributed by atoms with Crippen molar-refractivity contribution in [3.63, 3.8) is 0 Å². The number of carbonyl (C=O) groups excluding carboxylic acids is 4. The number of benzene rings is 1. The second-order valence-electron chi connectivity index (χ2n) is 14.5. The van der Waals surface area contributed by atoms with E-state index in [1.165, 1.54) is 4.90 Å². The number of β-amino-alcohol motifs (C(OH)–C–C–N with tert-alkyl or cyclic N) is 1. The third-order valence-corrected chi connectivity index (χ3v) is 8.82. The zero-order valence-electron chi connectivity index (χ0n) is 30.9. The average molecular weight is 734 g/mol. The van der Waals surface area contributed by atoms with Gasteiger partial charge in [0, 0.05) is 32.5 Å². The van der Waals surface area contributed by atoms with Gasteiger partial charge in [-0.3, -0.25) is 14.4 Å². The van der Waals surface area contributed by atoms with Crippen molar-refractivity contribution in [2.24, 2.45) is 5.41 Å². The van der Waals surface area contributed by atoms with Crippen LogP contribution >= 0.6 is 11.3 Å². The second kappa shape index (κ2) is 19.8. The smallest absolute Gasteiger partial charge is 0.407 e. The maximum Gasteiger partial charge on any atom is 0.407 e. The number of nitrogens with one attached hydrogen (secondary N) is 3. The average Bonchev–Trinajstić information content (AvgIpc) is 3.66. The molecular formula is C36H55N5O9S. The molecule has 4 N–H and O–H groups in total. The maximum atomic E-state index is 13.8. The van der Waals surface area contributed by atoms with Crippen molar-refractivity contribution >= 4 is 35.2 Å². The molecule has 1 saturated heterocycles. The minimum Gasteiger partial charge on any atom is -0.444 e. The molecule has 0 radical (unpaired) electrons. The number of hydrogen-bond acceptors (Lipinski definition) is 11. The second-order valence-corrected chi connectivity index (χ2v) is 15.3. The summed E-state index contributed by atoms with van der Waals surface area (Å²) in [4.78, 5) is 58.3. The van der Waals surface area contributed by atoms with Gasteiger partial charge in [0.05, 0.1) is 61.8 Å². The van der Waals surface area contributed by atoms with Crippen molar-refractivity contribution in [1.29, 1.82) is 0 Å². The summed E-state index contributed by atoms with van der Waals surface area (Å²) in [6, 6.07) is 6.08. The summed E-state index contributed by atoms with van der Waals surface area (Å²) in [7, 11) is 0. The minimum atomic E-state index is -0.920. The lowest BCUT2D eigenvalue weighted by Crippen LogP contribution is -2.57. The van der Waals surface area contributed by atoms with Gasteiger partial charge in [-0.15, -0.1) is 11.3 Å². The van der Waals surface area contributed by atoms with Crippen LogP contribution in [0.15, 0.2) is 29.8 Å². The van der Waals surface area contributed by atoms with Gasteiger partial charge in [0.2, 0.25) is 17.7 Å². The Kier molecular flexibility index (Phi) is 16.3. The highest BCUT2D eigenvalue weighted by molar-refractivity contribution is 7.13. The Balaban J connectivity index is 1.37. The van der Waals surface area contributed by atoms with Crippen LogP contribution in [0.4, 0.5) is 4.79 Å². The Morgan fingerprint density at radius 2 is 1.57 bits per heavy atom. The largest absolute Gasteiger partial charge is 0.444 e. The van der Waals surface area contributed by atoms with E-state index >= 15 is 0 Å². The van der Waals surface area contributed by atoms with Crippen LogP contribution in [0.2, 0.25) is 0 Å². The van der Waals surface area contributed by atoms with Crippen LogP contribution in [0.5, 0.6) is 0 Å². The molecule has 1 aromatic carbocycles. The molecule has 0 saturated carbocycles. The van der Waals surface area contributed by atoms with Crippen molar-refractivity contribution in [2.75, 3.05) is 52.7 Å². The van der Waals surface area contributed by atoms with Crippen molar-refractivity contribution in [1.82, 2.24) is 25.8 Å². The molecule has 3 unspecified atom stereocenters. The van der Waals surface area contributed by atoms with Crippen molar-refractivity contribution < 1.29 is 43.2 Å². The summed E-state index contributed by atoms with van der Waals surface area (Å²) in [5.74, 6) is -1.15. The number of carbonyl (C=O) groups is 4. The number of rotatable bonds is 18. The zero-order chi connectivity index (χ0) is 37.6. The minimum absolute atomic E-state index is 0.000605. The summed E-state index contributed by atoms with van der Waals surface area (Å²) < 4.78 is 21.6. The van der Waals surface area contributed by atoms with E-state index in [0.29, 0.717) is 33.0 Å². The highest BCUT2D eigenvalue weighted by atomic mass is 32.1. The molecule has 2 aromatic rings. The van der Waals surface area contributed by atoms with Gasteiger partial charge in [-0.05, 0) is 44.2 Å². The number of ether oxygens (including phenoxy) is 4. The zero-order valence-corrected chi connectivity index (χ0v) is 31.7. The van der Waals surface area contributed by atoms with Crippen LogP contribution in [-0.4, -0.2) is 115 Å². The summed E-state index contributed by atoms with van der Waals surface area (Å²) in [6.45, 7) is 15.2.